The van der Waals surface area contributed by atoms with Crippen LogP contribution in [0.2, 0.25) is 5.02 Å². The van der Waals surface area contributed by atoms with Crippen molar-refractivity contribution in [3.05, 3.63) is 70.7 Å². The molecule has 1 aliphatic rings. The van der Waals surface area contributed by atoms with Gasteiger partial charge in [-0.1, -0.05) is 54.1 Å². The van der Waals surface area contributed by atoms with Crippen molar-refractivity contribution in [1.29, 1.82) is 0 Å². The van der Waals surface area contributed by atoms with E-state index in [2.05, 4.69) is 52.3 Å². The van der Waals surface area contributed by atoms with Crippen LogP contribution in [0.5, 0.6) is 0 Å². The number of ether oxygens (including phenoxy) is 1. The molecule has 0 aromatic heterocycles. The van der Waals surface area contributed by atoms with Crippen LogP contribution in [0.1, 0.15) is 29.9 Å². The molecule has 0 spiro atoms. The van der Waals surface area contributed by atoms with E-state index in [0.717, 1.165) is 50.7 Å². The second-order valence-corrected chi connectivity index (χ2v) is 8.11. The van der Waals surface area contributed by atoms with Crippen molar-refractivity contribution >= 4 is 11.6 Å². The summed E-state index contributed by atoms with van der Waals surface area (Å²) in [5.41, 5.74) is 2.72. The fourth-order valence-electron chi connectivity index (χ4n) is 4.02. The monoisotopic (exact) mass is 416 g/mol. The lowest BCUT2D eigenvalue weighted by Gasteiger charge is -2.34. The minimum absolute atomic E-state index is 0.105. The van der Waals surface area contributed by atoms with Gasteiger partial charge >= 0.3 is 0 Å². The maximum absolute atomic E-state index is 8.77. The van der Waals surface area contributed by atoms with Gasteiger partial charge in [0.2, 0.25) is 0 Å². The van der Waals surface area contributed by atoms with Crippen molar-refractivity contribution < 1.29 is 9.84 Å². The maximum atomic E-state index is 8.77. The standard InChI is InChI=1S/C24H33ClN2O2/c25-23-10-8-22(9-11-23)24(21-5-2-1-3-6-21)7-4-12-26-13-15-27(16-14-26)17-19-29-20-18-28/h1-3,5-6,8-11,24,28H,4,7,12-20H2. The van der Waals surface area contributed by atoms with Crippen LogP contribution in [0, 0.1) is 0 Å². The summed E-state index contributed by atoms with van der Waals surface area (Å²) in [5.74, 6) is 0.415. The van der Waals surface area contributed by atoms with Gasteiger partial charge in [0.15, 0.2) is 0 Å². The highest BCUT2D eigenvalue weighted by Gasteiger charge is 2.18. The molecule has 0 radical (unpaired) electrons. The van der Waals surface area contributed by atoms with Gasteiger partial charge in [-0.15, -0.1) is 0 Å². The molecule has 158 valence electrons. The molecule has 0 saturated carbocycles. The third-order valence-electron chi connectivity index (χ3n) is 5.69. The van der Waals surface area contributed by atoms with Crippen molar-refractivity contribution in [3.63, 3.8) is 0 Å². The molecule has 2 aromatic rings. The first kappa shape index (κ1) is 22.3. The summed E-state index contributed by atoms with van der Waals surface area (Å²) in [6.07, 6.45) is 2.32. The molecule has 2 aromatic carbocycles. The van der Waals surface area contributed by atoms with Crippen molar-refractivity contribution in [1.82, 2.24) is 9.80 Å². The summed E-state index contributed by atoms with van der Waals surface area (Å²) in [5, 5.41) is 9.56. The molecule has 1 atom stereocenters. The largest absolute Gasteiger partial charge is 0.394 e. The van der Waals surface area contributed by atoms with Gasteiger partial charge in [0.05, 0.1) is 19.8 Å². The molecule has 1 saturated heterocycles. The van der Waals surface area contributed by atoms with E-state index < -0.39 is 0 Å². The third kappa shape index (κ3) is 7.40. The smallest absolute Gasteiger partial charge is 0.0698 e. The average Bonchev–Trinajstić information content (AvgIpc) is 2.77. The molecular formula is C24H33ClN2O2. The van der Waals surface area contributed by atoms with Gasteiger partial charge in [0, 0.05) is 43.7 Å². The molecule has 29 heavy (non-hydrogen) atoms. The van der Waals surface area contributed by atoms with Gasteiger partial charge in [-0.2, -0.15) is 0 Å². The Balaban J connectivity index is 1.45. The Hall–Kier alpha value is -1.43. The zero-order chi connectivity index (χ0) is 20.3. The summed E-state index contributed by atoms with van der Waals surface area (Å²) in [6, 6.07) is 19.1. The molecule has 1 fully saturated rings. The number of aliphatic hydroxyl groups excluding tert-OH is 1. The predicted molar refractivity (Wildman–Crippen MR) is 120 cm³/mol. The Morgan fingerprint density at radius 1 is 0.828 bits per heavy atom. The Labute approximate surface area is 180 Å². The van der Waals surface area contributed by atoms with Gasteiger partial charge in [0.25, 0.3) is 0 Å². The zero-order valence-electron chi connectivity index (χ0n) is 17.2. The second-order valence-electron chi connectivity index (χ2n) is 7.68. The Morgan fingerprint density at radius 2 is 1.45 bits per heavy atom. The summed E-state index contributed by atoms with van der Waals surface area (Å²) in [6.45, 7) is 7.80. The second kappa shape index (κ2) is 12.3. The van der Waals surface area contributed by atoms with Gasteiger partial charge in [-0.3, -0.25) is 4.90 Å². The highest BCUT2D eigenvalue weighted by atomic mass is 35.5. The van der Waals surface area contributed by atoms with E-state index in [9.17, 15) is 0 Å². The number of rotatable bonds is 11. The fraction of sp³-hybridized carbons (Fsp3) is 0.500. The number of benzene rings is 2. The van der Waals surface area contributed by atoms with E-state index in [1.54, 1.807) is 0 Å². The quantitative estimate of drug-likeness (QED) is 0.564. The molecule has 4 nitrogen and oxygen atoms in total. The van der Waals surface area contributed by atoms with Crippen molar-refractivity contribution in [2.24, 2.45) is 0 Å². The number of nitrogens with zero attached hydrogens (tertiary/aromatic N) is 2. The normalized spacial score (nSPS) is 16.8. The number of hydrogen-bond acceptors (Lipinski definition) is 4. The molecule has 1 heterocycles. The van der Waals surface area contributed by atoms with E-state index in [1.165, 1.54) is 17.5 Å². The highest BCUT2D eigenvalue weighted by Crippen LogP contribution is 2.30. The molecular weight excluding hydrogens is 384 g/mol. The number of aliphatic hydroxyl groups is 1. The Bertz CT molecular complexity index is 688. The number of halogens is 1. The van der Waals surface area contributed by atoms with Crippen molar-refractivity contribution in [2.75, 3.05) is 59.1 Å². The molecule has 1 N–H and O–H groups in total. The first-order chi connectivity index (χ1) is 14.3. The summed E-state index contributed by atoms with van der Waals surface area (Å²) >= 11 is 6.10. The first-order valence-electron chi connectivity index (χ1n) is 10.7. The first-order valence-corrected chi connectivity index (χ1v) is 11.1. The van der Waals surface area contributed by atoms with Gasteiger partial charge in [-0.25, -0.2) is 0 Å². The van der Waals surface area contributed by atoms with E-state index in [4.69, 9.17) is 21.4 Å². The van der Waals surface area contributed by atoms with Crippen LogP contribution in [0.15, 0.2) is 54.6 Å². The topological polar surface area (TPSA) is 35.9 Å². The lowest BCUT2D eigenvalue weighted by molar-refractivity contribution is 0.0573. The lowest BCUT2D eigenvalue weighted by atomic mass is 9.87. The zero-order valence-corrected chi connectivity index (χ0v) is 17.9. The Morgan fingerprint density at radius 3 is 2.10 bits per heavy atom. The van der Waals surface area contributed by atoms with Gasteiger partial charge in [-0.05, 0) is 42.6 Å². The van der Waals surface area contributed by atoms with Crippen LogP contribution in [-0.2, 0) is 4.74 Å². The van der Waals surface area contributed by atoms with Crippen LogP contribution in [-0.4, -0.2) is 74.0 Å². The maximum Gasteiger partial charge on any atom is 0.0698 e. The summed E-state index contributed by atoms with van der Waals surface area (Å²) < 4.78 is 5.38. The van der Waals surface area contributed by atoms with E-state index >= 15 is 0 Å². The average molecular weight is 417 g/mol. The highest BCUT2D eigenvalue weighted by molar-refractivity contribution is 6.30. The van der Waals surface area contributed by atoms with Crippen LogP contribution >= 0.6 is 11.6 Å². The van der Waals surface area contributed by atoms with E-state index in [1.807, 2.05) is 12.1 Å². The molecule has 0 aliphatic carbocycles. The predicted octanol–water partition coefficient (Wildman–Crippen LogP) is 3.88. The summed E-state index contributed by atoms with van der Waals surface area (Å²) in [4.78, 5) is 5.03. The van der Waals surface area contributed by atoms with Crippen LogP contribution < -0.4 is 0 Å². The molecule has 1 aliphatic heterocycles. The van der Waals surface area contributed by atoms with Crippen LogP contribution in [0.3, 0.4) is 0 Å². The van der Waals surface area contributed by atoms with E-state index in [-0.39, 0.29) is 6.61 Å². The summed E-state index contributed by atoms with van der Waals surface area (Å²) in [7, 11) is 0. The van der Waals surface area contributed by atoms with Crippen molar-refractivity contribution in [3.8, 4) is 0 Å². The lowest BCUT2D eigenvalue weighted by Crippen LogP contribution is -2.47. The number of hydrogen-bond donors (Lipinski definition) is 1. The van der Waals surface area contributed by atoms with Gasteiger partial charge < -0.3 is 14.7 Å². The van der Waals surface area contributed by atoms with E-state index in [0.29, 0.717) is 19.1 Å². The molecule has 0 amide bonds. The molecule has 1 unspecified atom stereocenters. The van der Waals surface area contributed by atoms with Crippen LogP contribution in [0.25, 0.3) is 0 Å². The molecule has 0 bridgehead atoms. The minimum atomic E-state index is 0.105. The molecule has 3 rings (SSSR count). The van der Waals surface area contributed by atoms with Crippen LogP contribution in [0.4, 0.5) is 0 Å². The van der Waals surface area contributed by atoms with Crippen molar-refractivity contribution in [2.45, 2.75) is 18.8 Å². The minimum Gasteiger partial charge on any atom is -0.394 e. The van der Waals surface area contributed by atoms with Gasteiger partial charge in [0.1, 0.15) is 0 Å². The third-order valence-corrected chi connectivity index (χ3v) is 5.95. The SMILES string of the molecule is OCCOCCN1CCN(CCCC(c2ccccc2)c2ccc(Cl)cc2)CC1. The Kier molecular flexibility index (Phi) is 9.45. The number of piperazine rings is 1. The fourth-order valence-corrected chi connectivity index (χ4v) is 4.15. The molecule has 5 heteroatoms.